The summed E-state index contributed by atoms with van der Waals surface area (Å²) in [5.74, 6) is 0.233. The second-order valence-electron chi connectivity index (χ2n) is 3.55. The number of nitrogens with zero attached hydrogens (tertiary/aromatic N) is 1. The summed E-state index contributed by atoms with van der Waals surface area (Å²) >= 11 is 0. The predicted molar refractivity (Wildman–Crippen MR) is 48.2 cm³/mol. The Morgan fingerprint density at radius 1 is 1.46 bits per heavy atom. The maximum atomic E-state index is 11.6. The highest BCUT2D eigenvalue weighted by Gasteiger charge is 2.27. The van der Waals surface area contributed by atoms with Crippen LogP contribution in [-0.4, -0.2) is 43.3 Å². The Morgan fingerprint density at radius 3 is 3.15 bits per heavy atom. The topological polar surface area (TPSA) is 41.6 Å². The molecule has 0 aromatic rings. The number of nitrogens with one attached hydrogen (secondary N) is 1. The zero-order valence-electron chi connectivity index (χ0n) is 7.79. The van der Waals surface area contributed by atoms with Gasteiger partial charge in [0.1, 0.15) is 6.23 Å². The van der Waals surface area contributed by atoms with Gasteiger partial charge in [-0.1, -0.05) is 0 Å². The van der Waals surface area contributed by atoms with Crippen molar-refractivity contribution in [2.45, 2.75) is 25.5 Å². The van der Waals surface area contributed by atoms with E-state index in [2.05, 4.69) is 5.32 Å². The number of amides is 1. The summed E-state index contributed by atoms with van der Waals surface area (Å²) in [5, 5.41) is 3.21. The van der Waals surface area contributed by atoms with Gasteiger partial charge in [0.2, 0.25) is 5.91 Å². The summed E-state index contributed by atoms with van der Waals surface area (Å²) in [6.45, 7) is 3.30. The van der Waals surface area contributed by atoms with Crippen LogP contribution in [-0.2, 0) is 9.53 Å². The third kappa shape index (κ3) is 2.00. The molecule has 2 aliphatic heterocycles. The first-order valence-corrected chi connectivity index (χ1v) is 5.00. The van der Waals surface area contributed by atoms with Crippen molar-refractivity contribution in [1.82, 2.24) is 10.2 Å². The Kier molecular flexibility index (Phi) is 2.80. The highest BCUT2D eigenvalue weighted by Crippen LogP contribution is 2.17. The van der Waals surface area contributed by atoms with Crippen LogP contribution >= 0.6 is 0 Å². The van der Waals surface area contributed by atoms with Crippen molar-refractivity contribution in [1.29, 1.82) is 0 Å². The van der Waals surface area contributed by atoms with Gasteiger partial charge < -0.3 is 15.0 Å². The molecule has 0 bridgehead atoms. The van der Waals surface area contributed by atoms with Crippen molar-refractivity contribution in [3.63, 3.8) is 0 Å². The van der Waals surface area contributed by atoms with E-state index >= 15 is 0 Å². The Bertz CT molecular complexity index is 190. The number of ether oxygens (including phenoxy) is 1. The van der Waals surface area contributed by atoms with Gasteiger partial charge in [0.15, 0.2) is 0 Å². The predicted octanol–water partition coefficient (Wildman–Crippen LogP) is -0.0552. The number of hydrogen-bond acceptors (Lipinski definition) is 3. The molecule has 4 nitrogen and oxygen atoms in total. The molecule has 1 amide bonds. The smallest absolute Gasteiger partial charge is 0.225 e. The fourth-order valence-electron chi connectivity index (χ4n) is 1.90. The molecule has 1 N–H and O–H groups in total. The van der Waals surface area contributed by atoms with E-state index in [9.17, 15) is 4.79 Å². The molecule has 2 rings (SSSR count). The van der Waals surface area contributed by atoms with E-state index in [1.54, 1.807) is 0 Å². The zero-order valence-corrected chi connectivity index (χ0v) is 7.79. The first kappa shape index (κ1) is 8.97. The summed E-state index contributed by atoms with van der Waals surface area (Å²) in [6.07, 6.45) is 2.76. The van der Waals surface area contributed by atoms with Gasteiger partial charge >= 0.3 is 0 Å². The molecular weight excluding hydrogens is 168 g/mol. The lowest BCUT2D eigenvalue weighted by Gasteiger charge is -2.26. The summed E-state index contributed by atoms with van der Waals surface area (Å²) in [5.41, 5.74) is 0. The van der Waals surface area contributed by atoms with Crippen LogP contribution in [0.15, 0.2) is 0 Å². The van der Waals surface area contributed by atoms with Gasteiger partial charge in [-0.2, -0.15) is 0 Å². The minimum Gasteiger partial charge on any atom is -0.358 e. The van der Waals surface area contributed by atoms with Crippen molar-refractivity contribution in [3.05, 3.63) is 0 Å². The van der Waals surface area contributed by atoms with Gasteiger partial charge in [0.25, 0.3) is 0 Å². The van der Waals surface area contributed by atoms with Crippen molar-refractivity contribution in [3.8, 4) is 0 Å². The largest absolute Gasteiger partial charge is 0.358 e. The van der Waals surface area contributed by atoms with Crippen molar-refractivity contribution < 1.29 is 9.53 Å². The molecule has 1 atom stereocenters. The van der Waals surface area contributed by atoms with Gasteiger partial charge in [-0.25, -0.2) is 0 Å². The van der Waals surface area contributed by atoms with Gasteiger partial charge in [0, 0.05) is 32.7 Å². The monoisotopic (exact) mass is 184 g/mol. The second-order valence-corrected chi connectivity index (χ2v) is 3.55. The summed E-state index contributed by atoms with van der Waals surface area (Å²) in [6, 6.07) is 0. The third-order valence-electron chi connectivity index (χ3n) is 2.62. The van der Waals surface area contributed by atoms with Crippen LogP contribution in [0.3, 0.4) is 0 Å². The van der Waals surface area contributed by atoms with Crippen LogP contribution in [0.25, 0.3) is 0 Å². The van der Waals surface area contributed by atoms with Gasteiger partial charge in [-0.05, 0) is 12.8 Å². The molecule has 4 heteroatoms. The lowest BCUT2D eigenvalue weighted by Crippen LogP contribution is -2.40. The molecule has 2 saturated heterocycles. The van der Waals surface area contributed by atoms with Crippen LogP contribution < -0.4 is 5.32 Å². The Morgan fingerprint density at radius 2 is 2.38 bits per heavy atom. The molecule has 13 heavy (non-hydrogen) atoms. The number of rotatable bonds is 1. The SMILES string of the molecule is O=C1CCNCCN1C1CCCO1. The normalized spacial score (nSPS) is 30.6. The van der Waals surface area contributed by atoms with E-state index in [-0.39, 0.29) is 12.1 Å². The maximum absolute atomic E-state index is 11.6. The molecule has 2 aliphatic rings. The summed E-state index contributed by atoms with van der Waals surface area (Å²) < 4.78 is 5.50. The Balaban J connectivity index is 1.97. The van der Waals surface area contributed by atoms with Crippen LogP contribution in [0.4, 0.5) is 0 Å². The molecular formula is C9H16N2O2. The van der Waals surface area contributed by atoms with E-state index < -0.39 is 0 Å². The quantitative estimate of drug-likeness (QED) is 0.621. The van der Waals surface area contributed by atoms with Crippen LogP contribution in [0.1, 0.15) is 19.3 Å². The van der Waals surface area contributed by atoms with E-state index in [4.69, 9.17) is 4.74 Å². The average Bonchev–Trinajstić information content (AvgIpc) is 2.56. The lowest BCUT2D eigenvalue weighted by molar-refractivity contribution is -0.141. The zero-order chi connectivity index (χ0) is 9.10. The van der Waals surface area contributed by atoms with E-state index in [0.717, 1.165) is 39.1 Å². The van der Waals surface area contributed by atoms with Gasteiger partial charge in [-0.3, -0.25) is 4.79 Å². The summed E-state index contributed by atoms with van der Waals surface area (Å²) in [7, 11) is 0. The molecule has 0 spiro atoms. The summed E-state index contributed by atoms with van der Waals surface area (Å²) in [4.78, 5) is 13.5. The first-order valence-electron chi connectivity index (χ1n) is 5.00. The number of carbonyl (C=O) groups is 1. The fraction of sp³-hybridized carbons (Fsp3) is 0.889. The average molecular weight is 184 g/mol. The number of hydrogen-bond donors (Lipinski definition) is 1. The van der Waals surface area contributed by atoms with Gasteiger partial charge in [-0.15, -0.1) is 0 Å². The van der Waals surface area contributed by atoms with E-state index in [1.165, 1.54) is 0 Å². The van der Waals surface area contributed by atoms with E-state index in [0.29, 0.717) is 6.42 Å². The van der Waals surface area contributed by atoms with Gasteiger partial charge in [0.05, 0.1) is 0 Å². The fourth-order valence-corrected chi connectivity index (χ4v) is 1.90. The van der Waals surface area contributed by atoms with Crippen molar-refractivity contribution in [2.24, 2.45) is 0 Å². The molecule has 0 saturated carbocycles. The minimum absolute atomic E-state index is 0.0624. The minimum atomic E-state index is 0.0624. The molecule has 2 heterocycles. The molecule has 0 aromatic heterocycles. The standard InChI is InChI=1S/C9H16N2O2/c12-8-3-4-10-5-6-11(8)9-2-1-7-13-9/h9-10H,1-7H2. The van der Waals surface area contributed by atoms with Crippen LogP contribution in [0.2, 0.25) is 0 Å². The highest BCUT2D eigenvalue weighted by molar-refractivity contribution is 5.76. The number of carbonyl (C=O) groups excluding carboxylic acids is 1. The highest BCUT2D eigenvalue weighted by atomic mass is 16.5. The van der Waals surface area contributed by atoms with Crippen molar-refractivity contribution in [2.75, 3.05) is 26.2 Å². The first-order chi connectivity index (χ1) is 6.38. The molecule has 0 aromatic carbocycles. The molecule has 1 unspecified atom stereocenters. The molecule has 2 fully saturated rings. The Hall–Kier alpha value is -0.610. The Labute approximate surface area is 78.2 Å². The second kappa shape index (κ2) is 4.07. The van der Waals surface area contributed by atoms with Crippen molar-refractivity contribution >= 4 is 5.91 Å². The third-order valence-corrected chi connectivity index (χ3v) is 2.62. The molecule has 74 valence electrons. The van der Waals surface area contributed by atoms with Crippen LogP contribution in [0.5, 0.6) is 0 Å². The van der Waals surface area contributed by atoms with E-state index in [1.807, 2.05) is 4.90 Å². The lowest BCUT2D eigenvalue weighted by atomic mass is 10.3. The van der Waals surface area contributed by atoms with Crippen LogP contribution in [0, 0.1) is 0 Å². The molecule has 0 aliphatic carbocycles. The molecule has 0 radical (unpaired) electrons. The maximum Gasteiger partial charge on any atom is 0.225 e.